The molecule has 2 aromatic carbocycles. The van der Waals surface area contributed by atoms with Gasteiger partial charge in [0.15, 0.2) is 5.78 Å². The minimum Gasteiger partial charge on any atom is -0.377 e. The Balaban J connectivity index is 1.66. The Kier molecular flexibility index (Phi) is 6.05. The third-order valence-electron chi connectivity index (χ3n) is 5.54. The lowest BCUT2D eigenvalue weighted by atomic mass is 9.89. The zero-order valence-electron chi connectivity index (χ0n) is 18.1. The van der Waals surface area contributed by atoms with Gasteiger partial charge in [0.05, 0.1) is 5.69 Å². The molecule has 0 saturated heterocycles. The minimum absolute atomic E-state index is 0.0688. The van der Waals surface area contributed by atoms with E-state index in [1.807, 2.05) is 37.2 Å². The van der Waals surface area contributed by atoms with E-state index in [1.165, 1.54) is 24.0 Å². The highest BCUT2D eigenvalue weighted by atomic mass is 35.5. The Bertz CT molecular complexity index is 1190. The summed E-state index contributed by atoms with van der Waals surface area (Å²) in [4.78, 5) is 29.5. The van der Waals surface area contributed by atoms with Crippen LogP contribution in [0.2, 0.25) is 5.02 Å². The molecule has 8 nitrogen and oxygen atoms in total. The first-order valence-electron chi connectivity index (χ1n) is 10.2. The van der Waals surface area contributed by atoms with Crippen molar-refractivity contribution in [3.05, 3.63) is 70.5 Å². The van der Waals surface area contributed by atoms with Gasteiger partial charge in [-0.3, -0.25) is 9.59 Å². The monoisotopic (exact) mass is 450 g/mol. The molecular formula is C23H23ClN6O2. The summed E-state index contributed by atoms with van der Waals surface area (Å²) in [5.74, 6) is -0.311. The van der Waals surface area contributed by atoms with Gasteiger partial charge in [0.25, 0.3) is 0 Å². The quantitative estimate of drug-likeness (QED) is 0.555. The van der Waals surface area contributed by atoms with Gasteiger partial charge in [-0.1, -0.05) is 23.7 Å². The lowest BCUT2D eigenvalue weighted by Gasteiger charge is -2.37. The van der Waals surface area contributed by atoms with E-state index in [0.717, 1.165) is 16.8 Å². The molecule has 0 aliphatic carbocycles. The normalized spacial score (nSPS) is 15.6. The van der Waals surface area contributed by atoms with E-state index in [0.29, 0.717) is 29.2 Å². The Morgan fingerprint density at radius 2 is 2.03 bits per heavy atom. The van der Waals surface area contributed by atoms with Gasteiger partial charge in [0.2, 0.25) is 5.91 Å². The predicted molar refractivity (Wildman–Crippen MR) is 123 cm³/mol. The van der Waals surface area contributed by atoms with Crippen LogP contribution < -0.4 is 4.90 Å². The molecule has 1 aliphatic heterocycles. The Labute approximate surface area is 191 Å². The summed E-state index contributed by atoms with van der Waals surface area (Å²) >= 11 is 6.16. The van der Waals surface area contributed by atoms with Gasteiger partial charge in [-0.2, -0.15) is 4.68 Å². The van der Waals surface area contributed by atoms with Crippen molar-refractivity contribution >= 4 is 35.1 Å². The first kappa shape index (κ1) is 21.7. The van der Waals surface area contributed by atoms with Gasteiger partial charge in [0, 0.05) is 43.0 Å². The summed E-state index contributed by atoms with van der Waals surface area (Å²) < 4.78 is 1.50. The second kappa shape index (κ2) is 8.92. The highest BCUT2D eigenvalue weighted by molar-refractivity contribution is 6.30. The number of hydrogen-bond acceptors (Lipinski definition) is 6. The van der Waals surface area contributed by atoms with Crippen LogP contribution in [0.4, 0.5) is 5.69 Å². The molecule has 1 atom stereocenters. The molecule has 0 bridgehead atoms. The molecule has 9 heteroatoms. The minimum atomic E-state index is -0.617. The molecule has 0 radical (unpaired) electrons. The maximum absolute atomic E-state index is 13.2. The summed E-state index contributed by atoms with van der Waals surface area (Å²) in [7, 11) is 3.96. The molecular weight excluding hydrogens is 428 g/mol. The van der Waals surface area contributed by atoms with Gasteiger partial charge in [-0.15, -0.1) is 5.10 Å². The third kappa shape index (κ3) is 4.13. The summed E-state index contributed by atoms with van der Waals surface area (Å²) in [5, 5.41) is 11.8. The first-order valence-corrected chi connectivity index (χ1v) is 10.6. The van der Waals surface area contributed by atoms with Crippen molar-refractivity contribution in [3.8, 4) is 5.69 Å². The van der Waals surface area contributed by atoms with Crippen LogP contribution in [-0.2, 0) is 16.0 Å². The van der Waals surface area contributed by atoms with E-state index < -0.39 is 6.04 Å². The molecule has 2 heterocycles. The number of tetrazole rings is 1. The summed E-state index contributed by atoms with van der Waals surface area (Å²) in [6.07, 6.45) is 5.29. The Morgan fingerprint density at radius 1 is 1.22 bits per heavy atom. The van der Waals surface area contributed by atoms with Crippen LogP contribution in [0.15, 0.2) is 48.8 Å². The van der Waals surface area contributed by atoms with Crippen molar-refractivity contribution in [3.63, 3.8) is 0 Å². The average Bonchev–Trinajstić information content (AvgIpc) is 3.30. The molecule has 0 spiro atoms. The van der Waals surface area contributed by atoms with Crippen LogP contribution in [0.3, 0.4) is 0 Å². The second-order valence-corrected chi connectivity index (χ2v) is 8.26. The van der Waals surface area contributed by atoms with Crippen molar-refractivity contribution in [2.24, 2.45) is 0 Å². The van der Waals surface area contributed by atoms with Crippen molar-refractivity contribution in [1.29, 1.82) is 0 Å². The molecule has 0 saturated carbocycles. The number of Topliss-reactive ketones (excluding diaryl/α,β-unsaturated/α-hetero) is 1. The number of aromatic nitrogens is 4. The molecule has 3 aromatic rings. The van der Waals surface area contributed by atoms with Crippen LogP contribution in [0, 0.1) is 0 Å². The van der Waals surface area contributed by atoms with Gasteiger partial charge < -0.3 is 9.80 Å². The zero-order valence-corrected chi connectivity index (χ0v) is 18.8. The van der Waals surface area contributed by atoms with Crippen molar-refractivity contribution in [2.45, 2.75) is 19.4 Å². The fourth-order valence-corrected chi connectivity index (χ4v) is 4.32. The number of rotatable bonds is 5. The lowest BCUT2D eigenvalue weighted by Crippen LogP contribution is -2.42. The number of benzene rings is 2. The Hall–Kier alpha value is -3.52. The summed E-state index contributed by atoms with van der Waals surface area (Å²) in [5.41, 5.74) is 4.44. The highest BCUT2D eigenvalue weighted by Gasteiger charge is 2.34. The van der Waals surface area contributed by atoms with Crippen molar-refractivity contribution < 1.29 is 9.59 Å². The van der Waals surface area contributed by atoms with Crippen LogP contribution in [-0.4, -0.2) is 57.4 Å². The van der Waals surface area contributed by atoms with Crippen molar-refractivity contribution in [1.82, 2.24) is 25.1 Å². The first-order chi connectivity index (χ1) is 15.4. The molecule has 1 aromatic heterocycles. The van der Waals surface area contributed by atoms with E-state index in [4.69, 9.17) is 11.6 Å². The molecule has 4 rings (SSSR count). The van der Waals surface area contributed by atoms with Gasteiger partial charge in [-0.25, -0.2) is 0 Å². The molecule has 32 heavy (non-hydrogen) atoms. The van der Waals surface area contributed by atoms with Crippen LogP contribution in [0.1, 0.15) is 29.7 Å². The number of amides is 1. The number of hydrogen-bond donors (Lipinski definition) is 0. The number of halogens is 1. The maximum atomic E-state index is 13.2. The topological polar surface area (TPSA) is 84.2 Å². The number of fused-ring (bicyclic) bond motifs is 1. The largest absolute Gasteiger partial charge is 0.377 e. The van der Waals surface area contributed by atoms with E-state index in [-0.39, 0.29) is 11.7 Å². The lowest BCUT2D eigenvalue weighted by molar-refractivity contribution is -0.135. The fraction of sp³-hybridized carbons (Fsp3) is 0.261. The van der Waals surface area contributed by atoms with Crippen LogP contribution in [0.25, 0.3) is 11.8 Å². The molecule has 1 unspecified atom stereocenters. The number of nitrogens with zero attached hydrogens (tertiary/aromatic N) is 6. The standard InChI is InChI=1S/C23H23ClN6O2/c1-15(31)23-19-5-4-6-21(28(2)3)18(19)11-12-29(23)22(32)10-7-16-13-17(24)8-9-20(16)30-14-25-26-27-30/h4-10,13-14,23H,11-12H2,1-3H3. The Morgan fingerprint density at radius 3 is 2.72 bits per heavy atom. The number of carbonyl (C=O) groups is 2. The van der Waals surface area contributed by atoms with E-state index in [1.54, 1.807) is 29.2 Å². The molecule has 1 amide bonds. The maximum Gasteiger partial charge on any atom is 0.247 e. The fourth-order valence-electron chi connectivity index (χ4n) is 4.14. The summed E-state index contributed by atoms with van der Waals surface area (Å²) in [6.45, 7) is 1.99. The van der Waals surface area contributed by atoms with Gasteiger partial charge in [-0.05, 0) is 65.2 Å². The smallest absolute Gasteiger partial charge is 0.247 e. The number of anilines is 1. The second-order valence-electron chi connectivity index (χ2n) is 7.83. The average molecular weight is 451 g/mol. The predicted octanol–water partition coefficient (Wildman–Crippen LogP) is 3.11. The summed E-state index contributed by atoms with van der Waals surface area (Å²) in [6, 6.07) is 10.5. The van der Waals surface area contributed by atoms with Crippen molar-refractivity contribution in [2.75, 3.05) is 25.5 Å². The number of carbonyl (C=O) groups excluding carboxylic acids is 2. The van der Waals surface area contributed by atoms with E-state index in [9.17, 15) is 9.59 Å². The van der Waals surface area contributed by atoms with Crippen LogP contribution >= 0.6 is 11.6 Å². The highest BCUT2D eigenvalue weighted by Crippen LogP contribution is 2.35. The SMILES string of the molecule is CC(=O)C1c2cccc(N(C)C)c2CCN1C(=O)C=Cc1cc(Cl)ccc1-n1cnnn1. The number of ketones is 1. The van der Waals surface area contributed by atoms with Gasteiger partial charge >= 0.3 is 0 Å². The van der Waals surface area contributed by atoms with E-state index in [2.05, 4.69) is 15.5 Å². The van der Waals surface area contributed by atoms with E-state index >= 15 is 0 Å². The zero-order chi connectivity index (χ0) is 22.8. The third-order valence-corrected chi connectivity index (χ3v) is 5.77. The van der Waals surface area contributed by atoms with Gasteiger partial charge in [0.1, 0.15) is 12.4 Å². The molecule has 1 aliphatic rings. The molecule has 0 N–H and O–H groups in total. The molecule has 0 fully saturated rings. The van der Waals surface area contributed by atoms with Crippen LogP contribution in [0.5, 0.6) is 0 Å². The molecule has 164 valence electrons.